The van der Waals surface area contributed by atoms with Gasteiger partial charge in [0.1, 0.15) is 5.75 Å². The number of rotatable bonds is 9. The Labute approximate surface area is 171 Å². The number of methoxy groups -OCH3 is 2. The second kappa shape index (κ2) is 9.82. The number of ether oxygens (including phenoxy) is 3. The molecule has 1 heterocycles. The number of hydrogen-bond acceptors (Lipinski definition) is 4. The third kappa shape index (κ3) is 4.80. The maximum absolute atomic E-state index is 13.4. The van der Waals surface area contributed by atoms with Crippen molar-refractivity contribution in [3.05, 3.63) is 76.7 Å². The van der Waals surface area contributed by atoms with Crippen molar-refractivity contribution in [1.29, 1.82) is 0 Å². The first-order valence-electron chi connectivity index (χ1n) is 9.80. The van der Waals surface area contributed by atoms with Crippen LogP contribution < -0.4 is 19.8 Å². The summed E-state index contributed by atoms with van der Waals surface area (Å²) in [6.07, 6.45) is 3.75. The molecule has 0 saturated carbocycles. The average molecular weight is 393 g/mol. The van der Waals surface area contributed by atoms with Gasteiger partial charge in [0.15, 0.2) is 11.5 Å². The van der Waals surface area contributed by atoms with Crippen LogP contribution in [0.5, 0.6) is 17.2 Å². The van der Waals surface area contributed by atoms with Gasteiger partial charge >= 0.3 is 0 Å². The molecule has 3 rings (SSSR count). The van der Waals surface area contributed by atoms with Crippen LogP contribution in [0.2, 0.25) is 0 Å². The lowest BCUT2D eigenvalue weighted by molar-refractivity contribution is 0.309. The van der Waals surface area contributed by atoms with E-state index in [1.54, 1.807) is 31.0 Å². The van der Waals surface area contributed by atoms with Crippen molar-refractivity contribution in [3.63, 3.8) is 0 Å². The molecule has 0 unspecified atom stereocenters. The van der Waals surface area contributed by atoms with Crippen molar-refractivity contribution in [3.8, 4) is 28.4 Å². The summed E-state index contributed by atoms with van der Waals surface area (Å²) in [5.74, 6) is 1.77. The van der Waals surface area contributed by atoms with Gasteiger partial charge in [-0.05, 0) is 35.7 Å². The van der Waals surface area contributed by atoms with Gasteiger partial charge in [0.2, 0.25) is 0 Å². The molecule has 0 atom stereocenters. The minimum atomic E-state index is -0.102. The summed E-state index contributed by atoms with van der Waals surface area (Å²) >= 11 is 0. The fourth-order valence-corrected chi connectivity index (χ4v) is 3.17. The molecule has 0 N–H and O–H groups in total. The van der Waals surface area contributed by atoms with E-state index in [0.717, 1.165) is 24.0 Å². The first kappa shape index (κ1) is 20.5. The summed E-state index contributed by atoms with van der Waals surface area (Å²) in [5, 5.41) is 0. The van der Waals surface area contributed by atoms with Gasteiger partial charge in [0.05, 0.1) is 32.9 Å². The average Bonchev–Trinajstić information content (AvgIpc) is 2.76. The highest BCUT2D eigenvalue weighted by atomic mass is 16.5. The van der Waals surface area contributed by atoms with E-state index in [-0.39, 0.29) is 5.56 Å². The van der Waals surface area contributed by atoms with Crippen LogP contribution in [-0.4, -0.2) is 25.4 Å². The summed E-state index contributed by atoms with van der Waals surface area (Å²) in [6.45, 7) is 3.17. The number of nitrogens with zero attached hydrogens (tertiary/aromatic N) is 1. The van der Waals surface area contributed by atoms with Crippen molar-refractivity contribution in [1.82, 2.24) is 4.57 Å². The lowest BCUT2D eigenvalue weighted by atomic mass is 10.1. The second-order valence-electron chi connectivity index (χ2n) is 6.75. The molecule has 2 aromatic carbocycles. The molecule has 0 spiro atoms. The molecule has 29 heavy (non-hydrogen) atoms. The quantitative estimate of drug-likeness (QED) is 0.492. The van der Waals surface area contributed by atoms with Crippen molar-refractivity contribution >= 4 is 0 Å². The molecule has 0 aliphatic rings. The van der Waals surface area contributed by atoms with Crippen molar-refractivity contribution in [2.24, 2.45) is 0 Å². The van der Waals surface area contributed by atoms with Crippen LogP contribution in [0.4, 0.5) is 0 Å². The Hall–Kier alpha value is -3.21. The van der Waals surface area contributed by atoms with Gasteiger partial charge in [-0.15, -0.1) is 0 Å². The molecule has 5 nitrogen and oxygen atoms in total. The zero-order valence-corrected chi connectivity index (χ0v) is 17.2. The van der Waals surface area contributed by atoms with E-state index in [4.69, 9.17) is 14.2 Å². The van der Waals surface area contributed by atoms with Gasteiger partial charge in [0.25, 0.3) is 5.56 Å². The lowest BCUT2D eigenvalue weighted by Crippen LogP contribution is -2.22. The molecule has 3 aromatic rings. The summed E-state index contributed by atoms with van der Waals surface area (Å²) in [6, 6.07) is 17.3. The molecule has 0 bridgehead atoms. The van der Waals surface area contributed by atoms with Crippen LogP contribution in [-0.2, 0) is 6.54 Å². The van der Waals surface area contributed by atoms with E-state index in [9.17, 15) is 4.79 Å². The third-order valence-electron chi connectivity index (χ3n) is 4.75. The largest absolute Gasteiger partial charge is 0.493 e. The zero-order chi connectivity index (χ0) is 20.6. The van der Waals surface area contributed by atoms with Gasteiger partial charge in [0, 0.05) is 6.20 Å². The SMILES string of the molecule is CCCCOc1ccn(Cc2ccccc2)c(=O)c1-c1ccc(OC)c(OC)c1. The zero-order valence-electron chi connectivity index (χ0n) is 17.2. The van der Waals surface area contributed by atoms with Gasteiger partial charge < -0.3 is 18.8 Å². The molecule has 0 fully saturated rings. The molecule has 152 valence electrons. The van der Waals surface area contributed by atoms with E-state index < -0.39 is 0 Å². The van der Waals surface area contributed by atoms with Gasteiger partial charge in [-0.2, -0.15) is 0 Å². The number of hydrogen-bond donors (Lipinski definition) is 0. The Morgan fingerprint density at radius 3 is 2.34 bits per heavy atom. The Morgan fingerprint density at radius 2 is 1.66 bits per heavy atom. The molecule has 0 amide bonds. The molecule has 0 saturated heterocycles. The maximum Gasteiger partial charge on any atom is 0.262 e. The highest BCUT2D eigenvalue weighted by molar-refractivity contribution is 5.72. The molecular weight excluding hydrogens is 366 g/mol. The number of pyridine rings is 1. The van der Waals surface area contributed by atoms with Crippen LogP contribution in [0.25, 0.3) is 11.1 Å². The monoisotopic (exact) mass is 393 g/mol. The Balaban J connectivity index is 2.08. The minimum Gasteiger partial charge on any atom is -0.493 e. The van der Waals surface area contributed by atoms with Crippen LogP contribution in [0.3, 0.4) is 0 Å². The maximum atomic E-state index is 13.4. The van der Waals surface area contributed by atoms with Crippen molar-refractivity contribution < 1.29 is 14.2 Å². The molecular formula is C24H27NO4. The predicted molar refractivity (Wildman–Crippen MR) is 115 cm³/mol. The summed E-state index contributed by atoms with van der Waals surface area (Å²) in [4.78, 5) is 13.4. The lowest BCUT2D eigenvalue weighted by Gasteiger charge is -2.16. The van der Waals surface area contributed by atoms with E-state index >= 15 is 0 Å². The molecule has 0 aliphatic heterocycles. The first-order valence-corrected chi connectivity index (χ1v) is 9.80. The van der Waals surface area contributed by atoms with E-state index in [0.29, 0.717) is 36.0 Å². The number of benzene rings is 2. The standard InChI is InChI=1S/C24H27NO4/c1-4-5-15-29-21-13-14-25(17-18-9-7-6-8-10-18)24(26)23(21)19-11-12-20(27-2)22(16-19)28-3/h6-14,16H,4-5,15,17H2,1-3H3. The van der Waals surface area contributed by atoms with E-state index in [1.165, 1.54) is 0 Å². The summed E-state index contributed by atoms with van der Waals surface area (Å²) < 4.78 is 18.4. The van der Waals surface area contributed by atoms with Crippen molar-refractivity contribution in [2.75, 3.05) is 20.8 Å². The molecule has 0 radical (unpaired) electrons. The molecule has 1 aromatic heterocycles. The van der Waals surface area contributed by atoms with Crippen LogP contribution in [0.1, 0.15) is 25.3 Å². The predicted octanol–water partition coefficient (Wildman–Crippen LogP) is 4.76. The Morgan fingerprint density at radius 1 is 0.897 bits per heavy atom. The fourth-order valence-electron chi connectivity index (χ4n) is 3.17. The molecule has 0 aliphatic carbocycles. The van der Waals surface area contributed by atoms with E-state index in [1.807, 2.05) is 48.5 Å². The highest BCUT2D eigenvalue weighted by Crippen LogP contribution is 2.34. The van der Waals surface area contributed by atoms with Crippen molar-refractivity contribution in [2.45, 2.75) is 26.3 Å². The first-order chi connectivity index (χ1) is 14.2. The fraction of sp³-hybridized carbons (Fsp3) is 0.292. The summed E-state index contributed by atoms with van der Waals surface area (Å²) in [5.41, 5.74) is 2.23. The second-order valence-corrected chi connectivity index (χ2v) is 6.75. The van der Waals surface area contributed by atoms with Crippen LogP contribution >= 0.6 is 0 Å². The topological polar surface area (TPSA) is 49.7 Å². The normalized spacial score (nSPS) is 10.6. The van der Waals surface area contributed by atoms with Gasteiger partial charge in [-0.1, -0.05) is 49.7 Å². The number of unbranched alkanes of at least 4 members (excludes halogenated alkanes) is 1. The van der Waals surface area contributed by atoms with E-state index in [2.05, 4.69) is 6.92 Å². The van der Waals surface area contributed by atoms with Crippen LogP contribution in [0, 0.1) is 0 Å². The third-order valence-corrected chi connectivity index (χ3v) is 4.75. The molecule has 5 heteroatoms. The summed E-state index contributed by atoms with van der Waals surface area (Å²) in [7, 11) is 3.17. The highest BCUT2D eigenvalue weighted by Gasteiger charge is 2.16. The number of aromatic nitrogens is 1. The smallest absolute Gasteiger partial charge is 0.262 e. The Bertz CT molecular complexity index is 996. The minimum absolute atomic E-state index is 0.102. The van der Waals surface area contributed by atoms with Gasteiger partial charge in [-0.3, -0.25) is 4.79 Å². The van der Waals surface area contributed by atoms with Gasteiger partial charge in [-0.25, -0.2) is 0 Å². The Kier molecular flexibility index (Phi) is 6.95. The van der Waals surface area contributed by atoms with Crippen LogP contribution in [0.15, 0.2) is 65.6 Å².